The van der Waals surface area contributed by atoms with Crippen LogP contribution in [0.5, 0.6) is 0 Å². The van der Waals surface area contributed by atoms with E-state index in [0.717, 1.165) is 25.7 Å². The van der Waals surface area contributed by atoms with Gasteiger partial charge in [0.1, 0.15) is 0 Å². The van der Waals surface area contributed by atoms with Crippen LogP contribution in [0, 0.1) is 11.3 Å². The van der Waals surface area contributed by atoms with Crippen molar-refractivity contribution in [2.75, 3.05) is 13.2 Å². The van der Waals surface area contributed by atoms with Crippen LogP contribution in [0.1, 0.15) is 46.5 Å². The van der Waals surface area contributed by atoms with Crippen LogP contribution in [0.25, 0.3) is 0 Å². The lowest BCUT2D eigenvalue weighted by atomic mass is 9.81. The molecule has 0 amide bonds. The topological polar surface area (TPSA) is 40.5 Å². The van der Waals surface area contributed by atoms with Crippen LogP contribution in [0.3, 0.4) is 0 Å². The normalized spacial score (nSPS) is 14.5. The summed E-state index contributed by atoms with van der Waals surface area (Å²) in [5.74, 6) is 0.567. The summed E-state index contributed by atoms with van der Waals surface area (Å²) in [6.45, 7) is 7.20. The van der Waals surface area contributed by atoms with E-state index in [1.165, 1.54) is 0 Å². The Hall–Kier alpha value is -0.0800. The van der Waals surface area contributed by atoms with E-state index in [2.05, 4.69) is 20.8 Å². The van der Waals surface area contributed by atoms with E-state index >= 15 is 0 Å². The molecule has 0 fully saturated rings. The van der Waals surface area contributed by atoms with Crippen LogP contribution in [0.15, 0.2) is 0 Å². The quantitative estimate of drug-likeness (QED) is 0.671. The van der Waals surface area contributed by atoms with E-state index < -0.39 is 0 Å². The Morgan fingerprint density at radius 2 is 1.62 bits per heavy atom. The summed E-state index contributed by atoms with van der Waals surface area (Å²) in [5.41, 5.74) is 0.329. The van der Waals surface area contributed by atoms with E-state index in [1.807, 2.05) is 0 Å². The molecule has 1 atom stereocenters. The summed E-state index contributed by atoms with van der Waals surface area (Å²) in [5, 5.41) is 17.6. The van der Waals surface area contributed by atoms with Gasteiger partial charge in [-0.1, -0.05) is 20.8 Å². The van der Waals surface area contributed by atoms with Crippen molar-refractivity contribution in [2.24, 2.45) is 11.3 Å². The van der Waals surface area contributed by atoms with Gasteiger partial charge in [0.05, 0.1) is 0 Å². The molecule has 0 saturated carbocycles. The summed E-state index contributed by atoms with van der Waals surface area (Å²) in [6, 6.07) is 0. The molecule has 0 aromatic rings. The lowest BCUT2D eigenvalue weighted by molar-refractivity contribution is 0.195. The molecule has 0 rings (SSSR count). The summed E-state index contributed by atoms with van der Waals surface area (Å²) in [7, 11) is 0. The van der Waals surface area contributed by atoms with Gasteiger partial charge in [-0.05, 0) is 37.0 Å². The Morgan fingerprint density at radius 1 is 1.00 bits per heavy atom. The van der Waals surface area contributed by atoms with Crippen molar-refractivity contribution in [3.63, 3.8) is 0 Å². The van der Waals surface area contributed by atoms with Gasteiger partial charge in [0.2, 0.25) is 0 Å². The number of aliphatic hydroxyl groups excluding tert-OH is 2. The molecule has 0 aliphatic heterocycles. The fourth-order valence-corrected chi connectivity index (χ4v) is 1.78. The molecule has 13 heavy (non-hydrogen) atoms. The number of rotatable bonds is 6. The average Bonchev–Trinajstić information content (AvgIpc) is 1.98. The minimum Gasteiger partial charge on any atom is -0.396 e. The zero-order valence-electron chi connectivity index (χ0n) is 9.21. The highest BCUT2D eigenvalue weighted by Crippen LogP contribution is 2.28. The highest BCUT2D eigenvalue weighted by molar-refractivity contribution is 4.69. The van der Waals surface area contributed by atoms with Crippen LogP contribution >= 0.6 is 0 Å². The lowest BCUT2D eigenvalue weighted by Gasteiger charge is -2.25. The molecule has 0 saturated heterocycles. The molecule has 0 aliphatic carbocycles. The van der Waals surface area contributed by atoms with Crippen LogP contribution < -0.4 is 0 Å². The molecule has 2 nitrogen and oxygen atoms in total. The number of aliphatic hydroxyl groups is 2. The third-order valence-electron chi connectivity index (χ3n) is 2.21. The molecule has 80 valence electrons. The molecular weight excluding hydrogens is 164 g/mol. The van der Waals surface area contributed by atoms with Crippen molar-refractivity contribution in [3.8, 4) is 0 Å². The van der Waals surface area contributed by atoms with Crippen molar-refractivity contribution in [1.29, 1.82) is 0 Å². The summed E-state index contributed by atoms with van der Waals surface area (Å²) < 4.78 is 0. The van der Waals surface area contributed by atoms with Crippen LogP contribution in [0.4, 0.5) is 0 Å². The third-order valence-corrected chi connectivity index (χ3v) is 2.21. The average molecular weight is 188 g/mol. The largest absolute Gasteiger partial charge is 0.396 e. The zero-order valence-corrected chi connectivity index (χ0v) is 9.21. The monoisotopic (exact) mass is 188 g/mol. The Bertz CT molecular complexity index is 116. The van der Waals surface area contributed by atoms with E-state index in [0.29, 0.717) is 11.3 Å². The molecule has 0 spiro atoms. The first-order valence-electron chi connectivity index (χ1n) is 5.21. The third kappa shape index (κ3) is 8.26. The van der Waals surface area contributed by atoms with Gasteiger partial charge in [0.15, 0.2) is 0 Å². The predicted molar refractivity (Wildman–Crippen MR) is 55.6 cm³/mol. The zero-order chi connectivity index (χ0) is 10.3. The Labute approximate surface area is 82.0 Å². The molecule has 2 heteroatoms. The molecule has 2 N–H and O–H groups in total. The first kappa shape index (κ1) is 12.9. The van der Waals surface area contributed by atoms with E-state index in [4.69, 9.17) is 10.2 Å². The SMILES string of the molecule is CC(C)(C)C[C@H](CCO)CCCO. The van der Waals surface area contributed by atoms with Gasteiger partial charge in [-0.15, -0.1) is 0 Å². The standard InChI is InChI=1S/C11H24O2/c1-11(2,3)9-10(6-8-13)5-4-7-12/h10,12-13H,4-9H2,1-3H3/t10-/m0/s1. The van der Waals surface area contributed by atoms with Crippen LogP contribution in [0.2, 0.25) is 0 Å². The molecule has 0 aliphatic rings. The van der Waals surface area contributed by atoms with E-state index in [9.17, 15) is 0 Å². The Kier molecular flexibility index (Phi) is 6.35. The summed E-state index contributed by atoms with van der Waals surface area (Å²) in [6.07, 6.45) is 3.90. The van der Waals surface area contributed by atoms with Crippen molar-refractivity contribution in [1.82, 2.24) is 0 Å². The van der Waals surface area contributed by atoms with Gasteiger partial charge in [0, 0.05) is 13.2 Å². The lowest BCUT2D eigenvalue weighted by Crippen LogP contribution is -2.15. The Balaban J connectivity index is 3.79. The maximum Gasteiger partial charge on any atom is 0.0433 e. The van der Waals surface area contributed by atoms with Gasteiger partial charge < -0.3 is 10.2 Å². The maximum atomic E-state index is 8.87. The smallest absolute Gasteiger partial charge is 0.0433 e. The van der Waals surface area contributed by atoms with E-state index in [1.54, 1.807) is 0 Å². The Morgan fingerprint density at radius 3 is 2.00 bits per heavy atom. The molecule has 0 bridgehead atoms. The van der Waals surface area contributed by atoms with E-state index in [-0.39, 0.29) is 13.2 Å². The fraction of sp³-hybridized carbons (Fsp3) is 1.00. The highest BCUT2D eigenvalue weighted by Gasteiger charge is 2.17. The van der Waals surface area contributed by atoms with Crippen LogP contribution in [-0.4, -0.2) is 23.4 Å². The van der Waals surface area contributed by atoms with Crippen LogP contribution in [-0.2, 0) is 0 Å². The second-order valence-electron chi connectivity index (χ2n) is 5.01. The molecule has 0 aromatic heterocycles. The second-order valence-corrected chi connectivity index (χ2v) is 5.01. The first-order valence-corrected chi connectivity index (χ1v) is 5.21. The highest BCUT2D eigenvalue weighted by atomic mass is 16.3. The minimum atomic E-state index is 0.270. The summed E-state index contributed by atoms with van der Waals surface area (Å²) in [4.78, 5) is 0. The number of hydrogen-bond donors (Lipinski definition) is 2. The molecule has 0 aromatic carbocycles. The molecule has 0 heterocycles. The fourth-order valence-electron chi connectivity index (χ4n) is 1.78. The van der Waals surface area contributed by atoms with Gasteiger partial charge in [-0.25, -0.2) is 0 Å². The second kappa shape index (κ2) is 6.39. The van der Waals surface area contributed by atoms with Gasteiger partial charge in [-0.2, -0.15) is 0 Å². The predicted octanol–water partition coefficient (Wildman–Crippen LogP) is 2.19. The molecule has 0 radical (unpaired) electrons. The minimum absolute atomic E-state index is 0.270. The van der Waals surface area contributed by atoms with Gasteiger partial charge in [0.25, 0.3) is 0 Å². The number of hydrogen-bond acceptors (Lipinski definition) is 2. The summed E-state index contributed by atoms with van der Waals surface area (Å²) >= 11 is 0. The first-order chi connectivity index (χ1) is 5.99. The van der Waals surface area contributed by atoms with Crippen molar-refractivity contribution >= 4 is 0 Å². The molecule has 0 unspecified atom stereocenters. The molecular formula is C11H24O2. The maximum absolute atomic E-state index is 8.87. The van der Waals surface area contributed by atoms with Crippen molar-refractivity contribution in [2.45, 2.75) is 46.5 Å². The van der Waals surface area contributed by atoms with Gasteiger partial charge in [-0.3, -0.25) is 0 Å². The van der Waals surface area contributed by atoms with Crippen molar-refractivity contribution in [3.05, 3.63) is 0 Å². The van der Waals surface area contributed by atoms with Crippen molar-refractivity contribution < 1.29 is 10.2 Å². The van der Waals surface area contributed by atoms with Gasteiger partial charge >= 0.3 is 0 Å².